The van der Waals surface area contributed by atoms with E-state index in [1.54, 1.807) is 6.07 Å². The molecule has 2 N–H and O–H groups in total. The monoisotopic (exact) mass is 419 g/mol. The molecule has 0 saturated heterocycles. The second-order valence-electron chi connectivity index (χ2n) is 5.73. The van der Waals surface area contributed by atoms with Crippen LogP contribution in [0.2, 0.25) is 0 Å². The molecule has 0 aliphatic heterocycles. The maximum Gasteiger partial charge on any atom is 0.120 e. The molecule has 0 bridgehead atoms. The average molecular weight is 419 g/mol. The van der Waals surface area contributed by atoms with Crippen LogP contribution in [0.4, 0.5) is 11.4 Å². The first kappa shape index (κ1) is 16.0. The van der Waals surface area contributed by atoms with E-state index >= 15 is 0 Å². The summed E-state index contributed by atoms with van der Waals surface area (Å²) in [5.41, 5.74) is 3.82. The quantitative estimate of drug-likeness (QED) is 0.488. The van der Waals surface area contributed by atoms with Crippen LogP contribution in [0.3, 0.4) is 0 Å². The number of nitrogens with zero attached hydrogens (tertiary/aromatic N) is 2. The van der Waals surface area contributed by atoms with Crippen molar-refractivity contribution in [2.45, 2.75) is 6.54 Å². The van der Waals surface area contributed by atoms with Crippen LogP contribution in [0.15, 0.2) is 48.7 Å². The summed E-state index contributed by atoms with van der Waals surface area (Å²) in [7, 11) is 3.97. The lowest BCUT2D eigenvalue weighted by Crippen LogP contribution is -2.10. The van der Waals surface area contributed by atoms with Crippen LogP contribution >= 0.6 is 22.6 Å². The number of anilines is 2. The summed E-state index contributed by atoms with van der Waals surface area (Å²) < 4.78 is 1.16. The summed E-state index contributed by atoms with van der Waals surface area (Å²) in [6, 6.07) is 13.8. The second-order valence-corrected chi connectivity index (χ2v) is 6.97. The molecule has 0 aliphatic carbocycles. The van der Waals surface area contributed by atoms with Crippen LogP contribution in [0.1, 0.15) is 5.56 Å². The summed E-state index contributed by atoms with van der Waals surface area (Å²) in [6.07, 6.45) is 1.81. The van der Waals surface area contributed by atoms with E-state index < -0.39 is 0 Å². The fourth-order valence-corrected chi connectivity index (χ4v) is 2.99. The van der Waals surface area contributed by atoms with Crippen molar-refractivity contribution in [3.05, 3.63) is 57.8 Å². The van der Waals surface area contributed by atoms with Gasteiger partial charge in [0, 0.05) is 38.6 Å². The number of phenolic OH excluding ortho intramolecular Hbond substituents is 1. The molecule has 0 radical (unpaired) electrons. The number of phenols is 1. The van der Waals surface area contributed by atoms with Crippen molar-refractivity contribution >= 4 is 44.9 Å². The molecule has 1 aromatic heterocycles. The predicted molar refractivity (Wildman–Crippen MR) is 103 cm³/mol. The van der Waals surface area contributed by atoms with E-state index in [4.69, 9.17) is 0 Å². The molecule has 0 fully saturated rings. The van der Waals surface area contributed by atoms with E-state index in [0.29, 0.717) is 12.3 Å². The third-order valence-corrected chi connectivity index (χ3v) is 4.22. The molecule has 0 amide bonds. The first-order valence-electron chi connectivity index (χ1n) is 7.31. The van der Waals surface area contributed by atoms with Crippen LogP contribution < -0.4 is 5.32 Å². The number of halogens is 1. The molecule has 2 aromatic carbocycles. The fraction of sp³-hybridized carbons (Fsp3) is 0.167. The van der Waals surface area contributed by atoms with E-state index in [1.807, 2.05) is 43.4 Å². The maximum atomic E-state index is 9.99. The molecule has 0 spiro atoms. The van der Waals surface area contributed by atoms with Gasteiger partial charge in [-0.2, -0.15) is 0 Å². The largest absolute Gasteiger partial charge is 0.508 e. The van der Waals surface area contributed by atoms with Crippen molar-refractivity contribution in [3.63, 3.8) is 0 Å². The van der Waals surface area contributed by atoms with Gasteiger partial charge in [-0.15, -0.1) is 0 Å². The van der Waals surface area contributed by atoms with Gasteiger partial charge in [-0.25, -0.2) is 0 Å². The molecule has 4 nitrogen and oxygen atoms in total. The zero-order valence-corrected chi connectivity index (χ0v) is 15.2. The molecule has 1 heterocycles. The Labute approximate surface area is 149 Å². The van der Waals surface area contributed by atoms with E-state index in [9.17, 15) is 5.11 Å². The minimum absolute atomic E-state index is 0.318. The Kier molecular flexibility index (Phi) is 4.68. The van der Waals surface area contributed by atoms with Gasteiger partial charge in [0.25, 0.3) is 0 Å². The van der Waals surface area contributed by atoms with Crippen LogP contribution in [-0.2, 0) is 6.54 Å². The zero-order chi connectivity index (χ0) is 16.4. The van der Waals surface area contributed by atoms with E-state index in [2.05, 4.69) is 51.1 Å². The van der Waals surface area contributed by atoms with Gasteiger partial charge in [0.1, 0.15) is 5.75 Å². The lowest BCUT2D eigenvalue weighted by molar-refractivity contribution is 0.386. The number of aromatic hydroxyl groups is 1. The molecule has 0 saturated carbocycles. The molecule has 3 rings (SSSR count). The molecule has 0 atom stereocenters. The van der Waals surface area contributed by atoms with Crippen LogP contribution in [0.25, 0.3) is 10.9 Å². The molecule has 5 heteroatoms. The molecule has 23 heavy (non-hydrogen) atoms. The SMILES string of the molecule is CN(C)Cc1cc(Nc2ccnc3cc(I)ccc23)ccc1O. The molecule has 3 aromatic rings. The van der Waals surface area contributed by atoms with Gasteiger partial charge >= 0.3 is 0 Å². The summed E-state index contributed by atoms with van der Waals surface area (Å²) >= 11 is 2.29. The van der Waals surface area contributed by atoms with Crippen molar-refractivity contribution in [3.8, 4) is 5.75 Å². The maximum absolute atomic E-state index is 9.99. The van der Waals surface area contributed by atoms with Crippen molar-refractivity contribution in [1.29, 1.82) is 0 Å². The van der Waals surface area contributed by atoms with Crippen molar-refractivity contribution in [2.24, 2.45) is 0 Å². The predicted octanol–water partition coefficient (Wildman–Crippen LogP) is 4.35. The number of hydrogen-bond acceptors (Lipinski definition) is 4. The number of rotatable bonds is 4. The van der Waals surface area contributed by atoms with Gasteiger partial charge in [0.2, 0.25) is 0 Å². The summed E-state index contributed by atoms with van der Waals surface area (Å²) in [5, 5.41) is 14.5. The van der Waals surface area contributed by atoms with Crippen LogP contribution in [-0.4, -0.2) is 29.1 Å². The number of pyridine rings is 1. The zero-order valence-electron chi connectivity index (χ0n) is 13.0. The lowest BCUT2D eigenvalue weighted by Gasteiger charge is -2.14. The van der Waals surface area contributed by atoms with Gasteiger partial charge in [0.15, 0.2) is 0 Å². The van der Waals surface area contributed by atoms with E-state index in [-0.39, 0.29) is 0 Å². The Bertz CT molecular complexity index is 849. The Balaban J connectivity index is 1.96. The summed E-state index contributed by atoms with van der Waals surface area (Å²) in [4.78, 5) is 6.45. The van der Waals surface area contributed by atoms with Gasteiger partial charge in [-0.05, 0) is 79.2 Å². The smallest absolute Gasteiger partial charge is 0.120 e. The van der Waals surface area contributed by atoms with Crippen molar-refractivity contribution < 1.29 is 5.11 Å². The first-order valence-corrected chi connectivity index (χ1v) is 8.39. The molecule has 118 valence electrons. The number of hydrogen-bond donors (Lipinski definition) is 2. The fourth-order valence-electron chi connectivity index (χ4n) is 2.52. The highest BCUT2D eigenvalue weighted by Crippen LogP contribution is 2.29. The highest BCUT2D eigenvalue weighted by Gasteiger charge is 2.07. The van der Waals surface area contributed by atoms with E-state index in [0.717, 1.165) is 31.4 Å². The van der Waals surface area contributed by atoms with Gasteiger partial charge < -0.3 is 15.3 Å². The molecular weight excluding hydrogens is 401 g/mol. The third-order valence-electron chi connectivity index (χ3n) is 3.55. The first-order chi connectivity index (χ1) is 11.0. The second kappa shape index (κ2) is 6.72. The Hall–Kier alpha value is -1.86. The molecule has 0 unspecified atom stereocenters. The Morgan fingerprint density at radius 2 is 1.96 bits per heavy atom. The number of fused-ring (bicyclic) bond motifs is 1. The minimum atomic E-state index is 0.318. The highest BCUT2D eigenvalue weighted by atomic mass is 127. The van der Waals surface area contributed by atoms with Crippen LogP contribution in [0.5, 0.6) is 5.75 Å². The van der Waals surface area contributed by atoms with Crippen molar-refractivity contribution in [1.82, 2.24) is 9.88 Å². The third kappa shape index (κ3) is 3.73. The number of aromatic nitrogens is 1. The topological polar surface area (TPSA) is 48.4 Å². The number of nitrogens with one attached hydrogen (secondary N) is 1. The van der Waals surface area contributed by atoms with Crippen LogP contribution in [0, 0.1) is 3.57 Å². The van der Waals surface area contributed by atoms with E-state index in [1.165, 1.54) is 0 Å². The van der Waals surface area contributed by atoms with Crippen molar-refractivity contribution in [2.75, 3.05) is 19.4 Å². The van der Waals surface area contributed by atoms with Gasteiger partial charge in [0.05, 0.1) is 5.52 Å². The summed E-state index contributed by atoms with van der Waals surface area (Å²) in [6.45, 7) is 0.691. The average Bonchev–Trinajstić information content (AvgIpc) is 2.50. The standard InChI is InChI=1S/C18H18IN3O/c1-22(2)11-12-9-14(4-6-18(12)23)21-16-7-8-20-17-10-13(19)3-5-15(16)17/h3-10,23H,11H2,1-2H3,(H,20,21). The van der Waals surface area contributed by atoms with Gasteiger partial charge in [-0.1, -0.05) is 0 Å². The Morgan fingerprint density at radius 3 is 2.74 bits per heavy atom. The Morgan fingerprint density at radius 1 is 1.13 bits per heavy atom. The highest BCUT2D eigenvalue weighted by molar-refractivity contribution is 14.1. The summed E-state index contributed by atoms with van der Waals surface area (Å²) in [5.74, 6) is 0.318. The lowest BCUT2D eigenvalue weighted by atomic mass is 10.1. The molecular formula is C18H18IN3O. The normalized spacial score (nSPS) is 11.1. The minimum Gasteiger partial charge on any atom is -0.508 e. The molecule has 0 aliphatic rings. The van der Waals surface area contributed by atoms with Gasteiger partial charge in [-0.3, -0.25) is 4.98 Å². The number of benzene rings is 2.